The third-order valence-electron chi connectivity index (χ3n) is 3.19. The Bertz CT molecular complexity index is 549. The minimum Gasteiger partial charge on any atom is -0.367 e. The summed E-state index contributed by atoms with van der Waals surface area (Å²) >= 11 is 6.20. The molecule has 2 aromatic heterocycles. The first-order valence-electron chi connectivity index (χ1n) is 6.19. The lowest BCUT2D eigenvalue weighted by molar-refractivity contribution is 0.555. The Labute approximate surface area is 112 Å². The average Bonchev–Trinajstić information content (AvgIpc) is 2.76. The zero-order valence-electron chi connectivity index (χ0n) is 11.1. The van der Waals surface area contributed by atoms with Crippen molar-refractivity contribution in [3.8, 4) is 0 Å². The molecule has 0 bridgehead atoms. The Kier molecular flexibility index (Phi) is 3.71. The number of fused-ring (bicyclic) bond motifs is 1. The minimum absolute atomic E-state index is 0.321. The summed E-state index contributed by atoms with van der Waals surface area (Å²) in [5.41, 5.74) is 0.974. The van der Waals surface area contributed by atoms with E-state index in [1.165, 1.54) is 6.33 Å². The summed E-state index contributed by atoms with van der Waals surface area (Å²) < 4.78 is 1.71. The van der Waals surface area contributed by atoms with Crippen LogP contribution in [0.4, 0.5) is 5.82 Å². The number of hydrogen-bond acceptors (Lipinski definition) is 4. The average molecular weight is 268 g/mol. The van der Waals surface area contributed by atoms with E-state index in [9.17, 15) is 0 Å². The molecule has 2 aromatic rings. The quantitative estimate of drug-likeness (QED) is 0.866. The first kappa shape index (κ1) is 13.1. The number of hydrogen-bond donors (Lipinski definition) is 1. The maximum absolute atomic E-state index is 6.20. The molecule has 0 amide bonds. The smallest absolute Gasteiger partial charge is 0.255 e. The fourth-order valence-electron chi connectivity index (χ4n) is 1.69. The Balaban J connectivity index is 2.54. The highest BCUT2D eigenvalue weighted by Crippen LogP contribution is 2.25. The SMILES string of the molecule is CCc1c(Cl)nc2ncnn2c1N[C@@H](C)C(C)C. The van der Waals surface area contributed by atoms with Crippen LogP contribution in [0.25, 0.3) is 5.78 Å². The third kappa shape index (κ3) is 2.27. The second-order valence-electron chi connectivity index (χ2n) is 4.73. The molecule has 0 saturated carbocycles. The van der Waals surface area contributed by atoms with Gasteiger partial charge in [-0.15, -0.1) is 0 Å². The standard InChI is InChI=1S/C12H18ClN5/c1-5-9-10(13)17-12-14-6-15-18(12)11(9)16-8(4)7(2)3/h6-8,16H,5H2,1-4H3/t8-/m0/s1. The number of nitrogens with one attached hydrogen (secondary N) is 1. The van der Waals surface area contributed by atoms with Gasteiger partial charge in [0.15, 0.2) is 0 Å². The number of aromatic nitrogens is 4. The van der Waals surface area contributed by atoms with Crippen molar-refractivity contribution >= 4 is 23.2 Å². The van der Waals surface area contributed by atoms with Crippen molar-refractivity contribution in [3.63, 3.8) is 0 Å². The monoisotopic (exact) mass is 267 g/mol. The normalized spacial score (nSPS) is 13.2. The molecule has 0 aliphatic carbocycles. The summed E-state index contributed by atoms with van der Waals surface area (Å²) in [7, 11) is 0. The van der Waals surface area contributed by atoms with Gasteiger partial charge in [-0.25, -0.2) is 0 Å². The Hall–Kier alpha value is -1.36. The van der Waals surface area contributed by atoms with Crippen LogP contribution in [0.15, 0.2) is 6.33 Å². The molecule has 0 fully saturated rings. The molecule has 2 heterocycles. The van der Waals surface area contributed by atoms with Gasteiger partial charge in [0.05, 0.1) is 0 Å². The first-order chi connectivity index (χ1) is 8.54. The number of rotatable bonds is 4. The lowest BCUT2D eigenvalue weighted by Crippen LogP contribution is -2.24. The summed E-state index contributed by atoms with van der Waals surface area (Å²) in [6, 6.07) is 0.321. The predicted octanol–water partition coefficient (Wildman–Crippen LogP) is 2.80. The number of halogens is 1. The Morgan fingerprint density at radius 2 is 2.11 bits per heavy atom. The largest absolute Gasteiger partial charge is 0.367 e. The number of anilines is 1. The van der Waals surface area contributed by atoms with Crippen LogP contribution < -0.4 is 5.32 Å². The van der Waals surface area contributed by atoms with Crippen molar-refractivity contribution in [2.75, 3.05) is 5.32 Å². The summed E-state index contributed by atoms with van der Waals surface area (Å²) in [4.78, 5) is 8.32. The molecule has 5 nitrogen and oxygen atoms in total. The van der Waals surface area contributed by atoms with Crippen LogP contribution in [0.5, 0.6) is 0 Å². The van der Waals surface area contributed by atoms with E-state index in [1.807, 2.05) is 0 Å². The van der Waals surface area contributed by atoms with Gasteiger partial charge in [0, 0.05) is 11.6 Å². The van der Waals surface area contributed by atoms with E-state index in [4.69, 9.17) is 11.6 Å². The molecule has 0 aliphatic rings. The van der Waals surface area contributed by atoms with Crippen LogP contribution in [0.2, 0.25) is 5.15 Å². The fourth-order valence-corrected chi connectivity index (χ4v) is 1.99. The molecule has 18 heavy (non-hydrogen) atoms. The molecule has 0 radical (unpaired) electrons. The van der Waals surface area contributed by atoms with Crippen molar-refractivity contribution < 1.29 is 0 Å². The summed E-state index contributed by atoms with van der Waals surface area (Å²) in [6.45, 7) is 8.54. The van der Waals surface area contributed by atoms with Crippen molar-refractivity contribution in [3.05, 3.63) is 17.0 Å². The molecule has 1 atom stereocenters. The van der Waals surface area contributed by atoms with Crippen LogP contribution in [0.3, 0.4) is 0 Å². The van der Waals surface area contributed by atoms with Gasteiger partial charge in [0.1, 0.15) is 17.3 Å². The van der Waals surface area contributed by atoms with Gasteiger partial charge in [-0.05, 0) is 19.3 Å². The topological polar surface area (TPSA) is 55.1 Å². The van der Waals surface area contributed by atoms with Gasteiger partial charge in [0.25, 0.3) is 5.78 Å². The highest BCUT2D eigenvalue weighted by molar-refractivity contribution is 6.30. The lowest BCUT2D eigenvalue weighted by Gasteiger charge is -2.21. The second kappa shape index (κ2) is 5.10. The molecule has 6 heteroatoms. The van der Waals surface area contributed by atoms with Gasteiger partial charge in [0.2, 0.25) is 0 Å². The van der Waals surface area contributed by atoms with E-state index < -0.39 is 0 Å². The molecular formula is C12H18ClN5. The molecule has 98 valence electrons. The van der Waals surface area contributed by atoms with Crippen molar-refractivity contribution in [1.82, 2.24) is 19.6 Å². The molecular weight excluding hydrogens is 250 g/mol. The zero-order chi connectivity index (χ0) is 13.3. The highest BCUT2D eigenvalue weighted by Gasteiger charge is 2.17. The van der Waals surface area contributed by atoms with Gasteiger partial charge < -0.3 is 5.32 Å². The summed E-state index contributed by atoms with van der Waals surface area (Å²) in [5, 5.41) is 8.17. The maximum Gasteiger partial charge on any atom is 0.255 e. The van der Waals surface area contributed by atoms with Crippen LogP contribution >= 0.6 is 11.6 Å². The molecule has 1 N–H and O–H groups in total. The lowest BCUT2D eigenvalue weighted by atomic mass is 10.1. The Morgan fingerprint density at radius 3 is 2.72 bits per heavy atom. The third-order valence-corrected chi connectivity index (χ3v) is 3.51. The van der Waals surface area contributed by atoms with Crippen LogP contribution in [0.1, 0.15) is 33.3 Å². The van der Waals surface area contributed by atoms with Crippen molar-refractivity contribution in [2.24, 2.45) is 5.92 Å². The molecule has 0 saturated heterocycles. The molecule has 0 unspecified atom stereocenters. The van der Waals surface area contributed by atoms with E-state index in [0.717, 1.165) is 17.8 Å². The van der Waals surface area contributed by atoms with E-state index in [2.05, 4.69) is 48.1 Å². The highest BCUT2D eigenvalue weighted by atomic mass is 35.5. The van der Waals surface area contributed by atoms with Gasteiger partial charge in [-0.1, -0.05) is 32.4 Å². The number of nitrogens with zero attached hydrogens (tertiary/aromatic N) is 4. The zero-order valence-corrected chi connectivity index (χ0v) is 11.9. The second-order valence-corrected chi connectivity index (χ2v) is 5.09. The van der Waals surface area contributed by atoms with E-state index >= 15 is 0 Å². The van der Waals surface area contributed by atoms with Crippen LogP contribution in [-0.2, 0) is 6.42 Å². The molecule has 2 rings (SSSR count). The van der Waals surface area contributed by atoms with E-state index in [1.54, 1.807) is 4.52 Å². The Morgan fingerprint density at radius 1 is 1.39 bits per heavy atom. The van der Waals surface area contributed by atoms with Crippen molar-refractivity contribution in [2.45, 2.75) is 40.2 Å². The van der Waals surface area contributed by atoms with E-state index in [-0.39, 0.29) is 0 Å². The first-order valence-corrected chi connectivity index (χ1v) is 6.57. The summed E-state index contributed by atoms with van der Waals surface area (Å²) in [5.74, 6) is 1.93. The molecule has 0 aromatic carbocycles. The minimum atomic E-state index is 0.321. The summed E-state index contributed by atoms with van der Waals surface area (Å²) in [6.07, 6.45) is 2.29. The van der Waals surface area contributed by atoms with Crippen LogP contribution in [0, 0.1) is 5.92 Å². The molecule has 0 aliphatic heterocycles. The predicted molar refractivity (Wildman–Crippen MR) is 73.1 cm³/mol. The van der Waals surface area contributed by atoms with Gasteiger partial charge in [-0.2, -0.15) is 19.6 Å². The van der Waals surface area contributed by atoms with Gasteiger partial charge in [-0.3, -0.25) is 0 Å². The van der Waals surface area contributed by atoms with Crippen molar-refractivity contribution in [1.29, 1.82) is 0 Å². The van der Waals surface area contributed by atoms with Gasteiger partial charge >= 0.3 is 0 Å². The fraction of sp³-hybridized carbons (Fsp3) is 0.583. The van der Waals surface area contributed by atoms with E-state index in [0.29, 0.717) is 22.9 Å². The van der Waals surface area contributed by atoms with Crippen LogP contribution in [-0.4, -0.2) is 25.6 Å². The molecule has 0 spiro atoms. The maximum atomic E-state index is 6.20.